The number of amides is 1. The van der Waals surface area contributed by atoms with Crippen molar-refractivity contribution in [3.8, 4) is 17.1 Å². The monoisotopic (exact) mass is 548 g/mol. The van der Waals surface area contributed by atoms with Crippen LogP contribution in [0, 0.1) is 13.8 Å². The number of anilines is 1. The van der Waals surface area contributed by atoms with Crippen LogP contribution in [-0.4, -0.2) is 27.8 Å². The van der Waals surface area contributed by atoms with Gasteiger partial charge in [-0.25, -0.2) is 0 Å². The molecule has 202 valence electrons. The van der Waals surface area contributed by atoms with E-state index in [1.54, 1.807) is 7.11 Å². The molecule has 0 aliphatic rings. The molecule has 0 bridgehead atoms. The van der Waals surface area contributed by atoms with Crippen LogP contribution in [0.1, 0.15) is 27.5 Å². The number of rotatable bonds is 10. The summed E-state index contributed by atoms with van der Waals surface area (Å²) in [4.78, 5) is 13.8. The van der Waals surface area contributed by atoms with Crippen molar-refractivity contribution in [2.75, 3.05) is 12.4 Å². The molecule has 1 aromatic heterocycles. The van der Waals surface area contributed by atoms with Crippen LogP contribution in [0.3, 0.4) is 0 Å². The minimum Gasteiger partial charge on any atom is -0.497 e. The summed E-state index contributed by atoms with van der Waals surface area (Å²) in [6.07, 6.45) is 0.806. The topological polar surface area (TPSA) is 69.0 Å². The predicted octanol–water partition coefficient (Wildman–Crippen LogP) is 7.29. The number of carbonyl (C=O) groups is 1. The van der Waals surface area contributed by atoms with Gasteiger partial charge in [0.1, 0.15) is 11.0 Å². The van der Waals surface area contributed by atoms with Gasteiger partial charge in [0, 0.05) is 17.8 Å². The molecule has 4 aromatic carbocycles. The molecular formula is C33H32N4O2S. The Hall–Kier alpha value is -4.36. The molecule has 40 heavy (non-hydrogen) atoms. The van der Waals surface area contributed by atoms with Crippen molar-refractivity contribution in [2.45, 2.75) is 37.2 Å². The lowest BCUT2D eigenvalue weighted by molar-refractivity contribution is -0.115. The summed E-state index contributed by atoms with van der Waals surface area (Å²) in [5.74, 6) is 1.43. The third kappa shape index (κ3) is 6.43. The summed E-state index contributed by atoms with van der Waals surface area (Å²) >= 11 is 1.42. The molecule has 0 saturated carbocycles. The Morgan fingerprint density at radius 1 is 0.900 bits per heavy atom. The van der Waals surface area contributed by atoms with Crippen LogP contribution >= 0.6 is 11.8 Å². The summed E-state index contributed by atoms with van der Waals surface area (Å²) in [5, 5.41) is 12.5. The van der Waals surface area contributed by atoms with E-state index in [0.29, 0.717) is 11.7 Å². The number of ether oxygens (including phenoxy) is 1. The highest BCUT2D eigenvalue weighted by Crippen LogP contribution is 2.37. The molecule has 1 atom stereocenters. The van der Waals surface area contributed by atoms with Crippen LogP contribution in [0.2, 0.25) is 0 Å². The molecule has 6 nitrogen and oxygen atoms in total. The quantitative estimate of drug-likeness (QED) is 0.186. The summed E-state index contributed by atoms with van der Waals surface area (Å²) in [7, 11) is 1.65. The minimum absolute atomic E-state index is 0.103. The summed E-state index contributed by atoms with van der Waals surface area (Å²) in [6.45, 7) is 4.69. The first-order chi connectivity index (χ1) is 19.5. The minimum atomic E-state index is -0.524. The first kappa shape index (κ1) is 27.2. The van der Waals surface area contributed by atoms with Crippen molar-refractivity contribution in [1.82, 2.24) is 14.8 Å². The van der Waals surface area contributed by atoms with Crippen molar-refractivity contribution < 1.29 is 9.53 Å². The molecule has 1 amide bonds. The Morgan fingerprint density at radius 2 is 1.60 bits per heavy atom. The molecule has 0 spiro atoms. The van der Waals surface area contributed by atoms with Crippen LogP contribution in [0.4, 0.5) is 5.69 Å². The van der Waals surface area contributed by atoms with Gasteiger partial charge < -0.3 is 14.6 Å². The predicted molar refractivity (Wildman–Crippen MR) is 162 cm³/mol. The number of hydrogen-bond acceptors (Lipinski definition) is 5. The Labute approximate surface area is 239 Å². The van der Waals surface area contributed by atoms with Crippen molar-refractivity contribution in [3.63, 3.8) is 0 Å². The van der Waals surface area contributed by atoms with Gasteiger partial charge >= 0.3 is 0 Å². The van der Waals surface area contributed by atoms with E-state index in [2.05, 4.69) is 32.2 Å². The molecule has 1 N–H and O–H groups in total. The number of nitrogens with zero attached hydrogens (tertiary/aromatic N) is 3. The van der Waals surface area contributed by atoms with Gasteiger partial charge in [-0.15, -0.1) is 10.2 Å². The van der Waals surface area contributed by atoms with E-state index in [4.69, 9.17) is 4.74 Å². The molecule has 1 heterocycles. The van der Waals surface area contributed by atoms with Crippen molar-refractivity contribution >= 4 is 23.4 Å². The van der Waals surface area contributed by atoms with Crippen molar-refractivity contribution in [2.24, 2.45) is 0 Å². The lowest BCUT2D eigenvalue weighted by Crippen LogP contribution is -2.20. The maximum absolute atomic E-state index is 13.8. The summed E-state index contributed by atoms with van der Waals surface area (Å²) in [5.41, 5.74) is 5.98. The van der Waals surface area contributed by atoms with Gasteiger partial charge in [-0.1, -0.05) is 84.6 Å². The fourth-order valence-corrected chi connectivity index (χ4v) is 5.55. The lowest BCUT2D eigenvalue weighted by Gasteiger charge is -2.19. The van der Waals surface area contributed by atoms with Gasteiger partial charge in [0.25, 0.3) is 0 Å². The maximum Gasteiger partial charge on any atom is 0.242 e. The van der Waals surface area contributed by atoms with E-state index < -0.39 is 5.25 Å². The summed E-state index contributed by atoms with van der Waals surface area (Å²) < 4.78 is 7.46. The smallest absolute Gasteiger partial charge is 0.242 e. The standard InChI is InChI=1S/C33H32N4O2S/c1-23-14-15-24(2)29(22-23)34-32(38)30(26-12-8-5-9-13-26)40-33-36-35-31(27-16-18-28(39-3)19-17-27)37(33)21-20-25-10-6-4-7-11-25/h4-19,22,30H,20-21H2,1-3H3,(H,34,38). The average Bonchev–Trinajstić information content (AvgIpc) is 3.40. The van der Waals surface area contributed by atoms with E-state index in [1.165, 1.54) is 17.3 Å². The van der Waals surface area contributed by atoms with Gasteiger partial charge in [-0.2, -0.15) is 0 Å². The van der Waals surface area contributed by atoms with E-state index in [-0.39, 0.29) is 5.91 Å². The highest BCUT2D eigenvalue weighted by atomic mass is 32.2. The molecule has 0 radical (unpaired) electrons. The number of aryl methyl sites for hydroxylation is 3. The second-order valence-corrected chi connectivity index (χ2v) is 10.7. The van der Waals surface area contributed by atoms with Crippen LogP contribution < -0.4 is 10.1 Å². The Morgan fingerprint density at radius 3 is 2.30 bits per heavy atom. The molecule has 1 unspecified atom stereocenters. The van der Waals surface area contributed by atoms with E-state index in [1.807, 2.05) is 105 Å². The number of nitrogens with one attached hydrogen (secondary N) is 1. The number of aromatic nitrogens is 3. The second-order valence-electron chi connectivity index (χ2n) is 9.64. The molecule has 5 aromatic rings. The number of thioether (sulfide) groups is 1. The number of methoxy groups -OCH3 is 1. The van der Waals surface area contributed by atoms with Gasteiger partial charge in [0.05, 0.1) is 7.11 Å². The zero-order chi connectivity index (χ0) is 27.9. The third-order valence-electron chi connectivity index (χ3n) is 6.75. The first-order valence-electron chi connectivity index (χ1n) is 13.2. The zero-order valence-corrected chi connectivity index (χ0v) is 23.7. The van der Waals surface area contributed by atoms with Gasteiger partial charge in [-0.05, 0) is 72.9 Å². The fraction of sp³-hybridized carbons (Fsp3) is 0.182. The third-order valence-corrected chi connectivity index (χ3v) is 7.98. The van der Waals surface area contributed by atoms with Crippen LogP contribution in [0.5, 0.6) is 5.75 Å². The largest absolute Gasteiger partial charge is 0.497 e. The Bertz CT molecular complexity index is 1570. The molecule has 0 saturated heterocycles. The second kappa shape index (κ2) is 12.7. The molecule has 0 aliphatic carbocycles. The number of benzene rings is 4. The van der Waals surface area contributed by atoms with Gasteiger partial charge in [-0.3, -0.25) is 4.79 Å². The molecule has 7 heteroatoms. The molecular weight excluding hydrogens is 516 g/mol. The molecule has 5 rings (SSSR count). The normalized spacial score (nSPS) is 11.7. The van der Waals surface area contributed by atoms with Gasteiger partial charge in [0.15, 0.2) is 11.0 Å². The highest BCUT2D eigenvalue weighted by molar-refractivity contribution is 8.00. The average molecular weight is 549 g/mol. The molecule has 0 aliphatic heterocycles. The molecule has 0 fully saturated rings. The van der Waals surface area contributed by atoms with Gasteiger partial charge in [0.2, 0.25) is 5.91 Å². The SMILES string of the molecule is COc1ccc(-c2nnc(SC(C(=O)Nc3cc(C)ccc3C)c3ccccc3)n2CCc2ccccc2)cc1. The van der Waals surface area contributed by atoms with Crippen LogP contribution in [-0.2, 0) is 17.8 Å². The first-order valence-corrected chi connectivity index (χ1v) is 14.1. The van der Waals surface area contributed by atoms with Crippen molar-refractivity contribution in [1.29, 1.82) is 0 Å². The Kier molecular flexibility index (Phi) is 8.62. The number of hydrogen-bond donors (Lipinski definition) is 1. The van der Waals surface area contributed by atoms with Crippen LogP contribution in [0.15, 0.2) is 108 Å². The van der Waals surface area contributed by atoms with Crippen molar-refractivity contribution in [3.05, 3.63) is 125 Å². The lowest BCUT2D eigenvalue weighted by atomic mass is 10.1. The van der Waals surface area contributed by atoms with E-state index >= 15 is 0 Å². The number of carbonyl (C=O) groups excluding carboxylic acids is 1. The van der Waals surface area contributed by atoms with E-state index in [9.17, 15) is 4.79 Å². The maximum atomic E-state index is 13.8. The fourth-order valence-electron chi connectivity index (χ4n) is 4.49. The zero-order valence-electron chi connectivity index (χ0n) is 22.9. The van der Waals surface area contributed by atoms with E-state index in [0.717, 1.165) is 45.9 Å². The van der Waals surface area contributed by atoms with Crippen LogP contribution in [0.25, 0.3) is 11.4 Å². The Balaban J connectivity index is 1.50. The summed E-state index contributed by atoms with van der Waals surface area (Å²) in [6, 6.07) is 34.1. The highest BCUT2D eigenvalue weighted by Gasteiger charge is 2.26.